The van der Waals surface area contributed by atoms with Crippen LogP contribution in [-0.4, -0.2) is 0 Å². The number of nitrogens with one attached hydrogen (secondary N) is 1. The normalized spacial score (nSPS) is 10.3. The molecule has 17 heavy (non-hydrogen) atoms. The number of hydrogen-bond acceptors (Lipinski definition) is 1. The maximum absolute atomic E-state index is 12.7. The monoisotopic (exact) mass is 293 g/mol. The van der Waals surface area contributed by atoms with Gasteiger partial charge in [-0.2, -0.15) is 0 Å². The van der Waals surface area contributed by atoms with Gasteiger partial charge in [-0.25, -0.2) is 4.39 Å². The Balaban J connectivity index is 2.07. The summed E-state index contributed by atoms with van der Waals surface area (Å²) in [4.78, 5) is 0. The molecule has 3 heteroatoms. The zero-order chi connectivity index (χ0) is 12.3. The quantitative estimate of drug-likeness (QED) is 0.878. The molecule has 88 valence electrons. The van der Waals surface area contributed by atoms with Crippen molar-refractivity contribution in [2.24, 2.45) is 0 Å². The Morgan fingerprint density at radius 3 is 2.53 bits per heavy atom. The Morgan fingerprint density at radius 2 is 1.82 bits per heavy atom. The number of rotatable bonds is 3. The van der Waals surface area contributed by atoms with Crippen LogP contribution in [0.1, 0.15) is 11.1 Å². The molecule has 0 bridgehead atoms. The van der Waals surface area contributed by atoms with Crippen molar-refractivity contribution >= 4 is 21.6 Å². The van der Waals surface area contributed by atoms with Crippen LogP contribution < -0.4 is 5.32 Å². The number of anilines is 1. The van der Waals surface area contributed by atoms with Crippen molar-refractivity contribution in [2.75, 3.05) is 5.32 Å². The van der Waals surface area contributed by atoms with Gasteiger partial charge in [0.15, 0.2) is 0 Å². The maximum atomic E-state index is 12.7. The second-order valence-electron chi connectivity index (χ2n) is 3.92. The fourth-order valence-electron chi connectivity index (χ4n) is 1.58. The smallest absolute Gasteiger partial charge is 0.123 e. The van der Waals surface area contributed by atoms with E-state index in [0.717, 1.165) is 15.7 Å². The van der Waals surface area contributed by atoms with Gasteiger partial charge in [-0.3, -0.25) is 0 Å². The van der Waals surface area contributed by atoms with Crippen LogP contribution in [0.15, 0.2) is 46.9 Å². The number of halogens is 2. The minimum atomic E-state index is -0.203. The number of hydrogen-bond donors (Lipinski definition) is 1. The molecule has 0 atom stereocenters. The lowest BCUT2D eigenvalue weighted by Gasteiger charge is -2.10. The Bertz CT molecular complexity index is 508. The molecule has 0 unspecified atom stereocenters. The van der Waals surface area contributed by atoms with E-state index < -0.39 is 0 Å². The molecule has 0 aliphatic heterocycles. The van der Waals surface area contributed by atoms with Gasteiger partial charge in [0.1, 0.15) is 5.82 Å². The molecule has 0 fully saturated rings. The van der Waals surface area contributed by atoms with Crippen molar-refractivity contribution in [1.82, 2.24) is 0 Å². The summed E-state index contributed by atoms with van der Waals surface area (Å²) in [5, 5.41) is 3.32. The van der Waals surface area contributed by atoms with Crippen molar-refractivity contribution in [3.8, 4) is 0 Å². The van der Waals surface area contributed by atoms with Crippen molar-refractivity contribution in [3.05, 3.63) is 63.9 Å². The highest BCUT2D eigenvalue weighted by Crippen LogP contribution is 2.26. The van der Waals surface area contributed by atoms with Gasteiger partial charge in [0, 0.05) is 16.7 Å². The average Bonchev–Trinajstić information content (AvgIpc) is 2.33. The molecule has 0 aliphatic rings. The van der Waals surface area contributed by atoms with E-state index in [0.29, 0.717) is 6.54 Å². The van der Waals surface area contributed by atoms with Gasteiger partial charge in [0.2, 0.25) is 0 Å². The highest BCUT2D eigenvalue weighted by Gasteiger charge is 2.01. The summed E-state index contributed by atoms with van der Waals surface area (Å²) in [6, 6.07) is 12.6. The third-order valence-corrected chi connectivity index (χ3v) is 3.64. The van der Waals surface area contributed by atoms with E-state index in [1.807, 2.05) is 25.1 Å². The standard InChI is InChI=1S/C14H13BrFN/c1-10-3-2-4-13(14(10)15)17-9-11-5-7-12(16)8-6-11/h2-8,17H,9H2,1H3. The first-order chi connectivity index (χ1) is 8.16. The highest BCUT2D eigenvalue weighted by atomic mass is 79.9. The first kappa shape index (κ1) is 12.1. The molecule has 0 saturated carbocycles. The van der Waals surface area contributed by atoms with Crippen LogP contribution in [-0.2, 0) is 6.54 Å². The molecule has 2 aromatic carbocycles. The lowest BCUT2D eigenvalue weighted by molar-refractivity contribution is 0.627. The van der Waals surface area contributed by atoms with Crippen LogP contribution in [0.2, 0.25) is 0 Å². The summed E-state index contributed by atoms with van der Waals surface area (Å²) in [5.41, 5.74) is 3.29. The van der Waals surface area contributed by atoms with Crippen molar-refractivity contribution < 1.29 is 4.39 Å². The first-order valence-corrected chi connectivity index (χ1v) is 6.19. The summed E-state index contributed by atoms with van der Waals surface area (Å²) in [5.74, 6) is -0.203. The fourth-order valence-corrected chi connectivity index (χ4v) is 1.99. The van der Waals surface area contributed by atoms with Crippen LogP contribution in [0.5, 0.6) is 0 Å². The van der Waals surface area contributed by atoms with Gasteiger partial charge >= 0.3 is 0 Å². The number of benzene rings is 2. The topological polar surface area (TPSA) is 12.0 Å². The summed E-state index contributed by atoms with van der Waals surface area (Å²) in [6.07, 6.45) is 0. The Kier molecular flexibility index (Phi) is 3.79. The molecule has 0 heterocycles. The van der Waals surface area contributed by atoms with E-state index in [9.17, 15) is 4.39 Å². The van der Waals surface area contributed by atoms with E-state index in [1.54, 1.807) is 12.1 Å². The molecule has 1 nitrogen and oxygen atoms in total. The lowest BCUT2D eigenvalue weighted by Crippen LogP contribution is -2.00. The van der Waals surface area contributed by atoms with Crippen LogP contribution >= 0.6 is 15.9 Å². The Labute approximate surface area is 109 Å². The second-order valence-corrected chi connectivity index (χ2v) is 4.71. The molecule has 0 aromatic heterocycles. The molecule has 0 saturated heterocycles. The first-order valence-electron chi connectivity index (χ1n) is 5.40. The molecule has 0 aliphatic carbocycles. The zero-order valence-electron chi connectivity index (χ0n) is 9.50. The van der Waals surface area contributed by atoms with Gasteiger partial charge in [-0.1, -0.05) is 24.3 Å². The summed E-state index contributed by atoms with van der Waals surface area (Å²) in [6.45, 7) is 2.73. The molecule has 0 spiro atoms. The van der Waals surface area contributed by atoms with Gasteiger partial charge in [-0.05, 0) is 52.2 Å². The van der Waals surface area contributed by atoms with E-state index in [4.69, 9.17) is 0 Å². The summed E-state index contributed by atoms with van der Waals surface area (Å²) >= 11 is 3.54. The number of aryl methyl sites for hydroxylation is 1. The molecule has 0 radical (unpaired) electrons. The van der Waals surface area contributed by atoms with E-state index >= 15 is 0 Å². The highest BCUT2D eigenvalue weighted by molar-refractivity contribution is 9.10. The minimum Gasteiger partial charge on any atom is -0.380 e. The molecule has 1 N–H and O–H groups in total. The minimum absolute atomic E-state index is 0.203. The predicted octanol–water partition coefficient (Wildman–Crippen LogP) is 4.51. The van der Waals surface area contributed by atoms with Gasteiger partial charge in [-0.15, -0.1) is 0 Å². The Morgan fingerprint density at radius 1 is 1.12 bits per heavy atom. The Hall–Kier alpha value is -1.35. The molecule has 2 rings (SSSR count). The zero-order valence-corrected chi connectivity index (χ0v) is 11.1. The largest absolute Gasteiger partial charge is 0.380 e. The van der Waals surface area contributed by atoms with E-state index in [-0.39, 0.29) is 5.82 Å². The van der Waals surface area contributed by atoms with Gasteiger partial charge in [0.05, 0.1) is 0 Å². The van der Waals surface area contributed by atoms with Crippen LogP contribution in [0.4, 0.5) is 10.1 Å². The lowest BCUT2D eigenvalue weighted by atomic mass is 10.2. The second kappa shape index (κ2) is 5.32. The molecule has 0 amide bonds. The third kappa shape index (κ3) is 3.07. The van der Waals surface area contributed by atoms with Gasteiger partial charge < -0.3 is 5.32 Å². The third-order valence-electron chi connectivity index (χ3n) is 2.59. The van der Waals surface area contributed by atoms with Gasteiger partial charge in [0.25, 0.3) is 0 Å². The van der Waals surface area contributed by atoms with Crippen LogP contribution in [0.25, 0.3) is 0 Å². The maximum Gasteiger partial charge on any atom is 0.123 e. The summed E-state index contributed by atoms with van der Waals surface area (Å²) in [7, 11) is 0. The van der Waals surface area contributed by atoms with Crippen LogP contribution in [0.3, 0.4) is 0 Å². The van der Waals surface area contributed by atoms with E-state index in [1.165, 1.54) is 17.7 Å². The fraction of sp³-hybridized carbons (Fsp3) is 0.143. The average molecular weight is 294 g/mol. The SMILES string of the molecule is Cc1cccc(NCc2ccc(F)cc2)c1Br. The molecular weight excluding hydrogens is 281 g/mol. The van der Waals surface area contributed by atoms with Crippen molar-refractivity contribution in [3.63, 3.8) is 0 Å². The van der Waals surface area contributed by atoms with Crippen LogP contribution in [0, 0.1) is 12.7 Å². The van der Waals surface area contributed by atoms with Crippen molar-refractivity contribution in [1.29, 1.82) is 0 Å². The predicted molar refractivity (Wildman–Crippen MR) is 72.6 cm³/mol. The van der Waals surface area contributed by atoms with E-state index in [2.05, 4.69) is 21.2 Å². The molecule has 2 aromatic rings. The van der Waals surface area contributed by atoms with Crippen molar-refractivity contribution in [2.45, 2.75) is 13.5 Å². The summed E-state index contributed by atoms with van der Waals surface area (Å²) < 4.78 is 13.8. The molecular formula is C14H13BrFN.